The number of aryl methyl sites for hydroxylation is 1. The minimum absolute atomic E-state index is 0.177. The second-order valence-corrected chi connectivity index (χ2v) is 9.62. The van der Waals surface area contributed by atoms with Crippen LogP contribution in [-0.4, -0.2) is 30.8 Å². The van der Waals surface area contributed by atoms with Gasteiger partial charge in [0.05, 0.1) is 17.7 Å². The molecule has 174 valence electrons. The Morgan fingerprint density at radius 3 is 2.39 bits per heavy atom. The Morgan fingerprint density at radius 2 is 1.70 bits per heavy atom. The summed E-state index contributed by atoms with van der Waals surface area (Å²) < 4.78 is 16.9. The van der Waals surface area contributed by atoms with Crippen molar-refractivity contribution >= 4 is 16.9 Å². The molecule has 1 aliphatic carbocycles. The van der Waals surface area contributed by atoms with Gasteiger partial charge in [0.25, 0.3) is 0 Å². The van der Waals surface area contributed by atoms with Crippen molar-refractivity contribution in [1.82, 2.24) is 4.98 Å². The highest BCUT2D eigenvalue weighted by atomic mass is 16.6. The van der Waals surface area contributed by atoms with Crippen molar-refractivity contribution in [2.24, 2.45) is 11.3 Å². The van der Waals surface area contributed by atoms with Crippen LogP contribution < -0.4 is 9.47 Å². The number of para-hydroxylation sites is 1. The Bertz CT molecular complexity index is 1120. The van der Waals surface area contributed by atoms with Gasteiger partial charge in [-0.25, -0.2) is 4.79 Å². The lowest BCUT2D eigenvalue weighted by Gasteiger charge is -2.35. The summed E-state index contributed by atoms with van der Waals surface area (Å²) in [7, 11) is 0. The average Bonchev–Trinajstić information content (AvgIpc) is 2.80. The van der Waals surface area contributed by atoms with Crippen LogP contribution in [0.25, 0.3) is 10.9 Å². The van der Waals surface area contributed by atoms with E-state index in [2.05, 4.69) is 20.8 Å². The van der Waals surface area contributed by atoms with E-state index in [1.165, 1.54) is 0 Å². The molecule has 0 N–H and O–H groups in total. The van der Waals surface area contributed by atoms with Crippen LogP contribution in [0.3, 0.4) is 0 Å². The largest absolute Gasteiger partial charge is 0.494 e. The summed E-state index contributed by atoms with van der Waals surface area (Å²) in [5.74, 6) is 1.73. The quantitative estimate of drug-likeness (QED) is 0.327. The Hall–Kier alpha value is -3.08. The molecule has 3 aromatic rings. The van der Waals surface area contributed by atoms with E-state index in [0.29, 0.717) is 23.8 Å². The molecule has 0 spiro atoms. The lowest BCUT2D eigenvalue weighted by Crippen LogP contribution is -2.29. The third-order valence-electron chi connectivity index (χ3n) is 6.41. The van der Waals surface area contributed by atoms with Gasteiger partial charge in [0, 0.05) is 11.1 Å². The van der Waals surface area contributed by atoms with E-state index in [1.807, 2.05) is 55.5 Å². The predicted molar refractivity (Wildman–Crippen MR) is 130 cm³/mol. The molecule has 1 aliphatic rings. The van der Waals surface area contributed by atoms with Gasteiger partial charge in [0.1, 0.15) is 24.7 Å². The fourth-order valence-electron chi connectivity index (χ4n) is 4.53. The highest BCUT2D eigenvalue weighted by Crippen LogP contribution is 2.39. The standard InChI is InChI=1S/C28H33NO4/c1-5-31-20-11-13-21(14-12-20)32-16-17-33-27(30)26-22-8-6-7-9-24(22)29-25-15-10-19(18-23(25)26)28(2,3)4/h6-9,11-14,19H,5,10,15-18H2,1-4H3. The molecule has 0 saturated carbocycles. The van der Waals surface area contributed by atoms with E-state index >= 15 is 0 Å². The topological polar surface area (TPSA) is 57.7 Å². The van der Waals surface area contributed by atoms with Crippen LogP contribution in [0.1, 0.15) is 55.7 Å². The number of benzene rings is 2. The molecule has 2 aromatic carbocycles. The van der Waals surface area contributed by atoms with Crippen molar-refractivity contribution in [3.63, 3.8) is 0 Å². The fourth-order valence-corrected chi connectivity index (χ4v) is 4.53. The number of ether oxygens (including phenoxy) is 3. The molecule has 1 aromatic heterocycles. The molecule has 33 heavy (non-hydrogen) atoms. The molecule has 0 bridgehead atoms. The molecular formula is C28H33NO4. The van der Waals surface area contributed by atoms with Gasteiger partial charge in [-0.2, -0.15) is 0 Å². The van der Waals surface area contributed by atoms with Crippen LogP contribution in [0, 0.1) is 11.3 Å². The zero-order valence-electron chi connectivity index (χ0n) is 20.0. The van der Waals surface area contributed by atoms with Crippen molar-refractivity contribution in [3.8, 4) is 11.5 Å². The first-order valence-electron chi connectivity index (χ1n) is 11.8. The third-order valence-corrected chi connectivity index (χ3v) is 6.41. The molecule has 0 amide bonds. The number of carbonyl (C=O) groups excluding carboxylic acids is 1. The van der Waals surface area contributed by atoms with Crippen LogP contribution >= 0.6 is 0 Å². The maximum atomic E-state index is 13.3. The summed E-state index contributed by atoms with van der Waals surface area (Å²) in [6, 6.07) is 15.3. The van der Waals surface area contributed by atoms with E-state index in [0.717, 1.165) is 47.2 Å². The second kappa shape index (κ2) is 9.82. The minimum atomic E-state index is -0.297. The maximum absolute atomic E-state index is 13.3. The molecular weight excluding hydrogens is 414 g/mol. The van der Waals surface area contributed by atoms with Gasteiger partial charge in [-0.3, -0.25) is 4.98 Å². The highest BCUT2D eigenvalue weighted by Gasteiger charge is 2.33. The lowest BCUT2D eigenvalue weighted by molar-refractivity contribution is 0.0450. The molecule has 5 heteroatoms. The van der Waals surface area contributed by atoms with Gasteiger partial charge >= 0.3 is 5.97 Å². The molecule has 1 unspecified atom stereocenters. The first kappa shape index (κ1) is 23.1. The average molecular weight is 448 g/mol. The molecule has 1 atom stereocenters. The number of hydrogen-bond donors (Lipinski definition) is 0. The number of esters is 1. The Labute approximate surface area is 196 Å². The highest BCUT2D eigenvalue weighted by molar-refractivity contribution is 6.05. The van der Waals surface area contributed by atoms with Gasteiger partial charge in [-0.05, 0) is 73.4 Å². The Morgan fingerprint density at radius 1 is 1.00 bits per heavy atom. The predicted octanol–water partition coefficient (Wildman–Crippen LogP) is 6.02. The van der Waals surface area contributed by atoms with Gasteiger partial charge in [0.15, 0.2) is 0 Å². The summed E-state index contributed by atoms with van der Waals surface area (Å²) in [5.41, 5.74) is 3.79. The summed E-state index contributed by atoms with van der Waals surface area (Å²) in [4.78, 5) is 18.2. The van der Waals surface area contributed by atoms with Gasteiger partial charge in [0.2, 0.25) is 0 Å². The van der Waals surface area contributed by atoms with Gasteiger partial charge in [-0.1, -0.05) is 39.0 Å². The van der Waals surface area contributed by atoms with E-state index in [4.69, 9.17) is 19.2 Å². The van der Waals surface area contributed by atoms with Crippen LogP contribution in [0.2, 0.25) is 0 Å². The van der Waals surface area contributed by atoms with E-state index in [-0.39, 0.29) is 24.6 Å². The second-order valence-electron chi connectivity index (χ2n) is 9.62. The molecule has 0 radical (unpaired) electrons. The molecule has 0 saturated heterocycles. The SMILES string of the molecule is CCOc1ccc(OCCOC(=O)c2c3c(nc4ccccc24)CCC(C(C)(C)C)C3)cc1. The van der Waals surface area contributed by atoms with E-state index < -0.39 is 0 Å². The fraction of sp³-hybridized carbons (Fsp3) is 0.429. The van der Waals surface area contributed by atoms with Crippen molar-refractivity contribution < 1.29 is 19.0 Å². The van der Waals surface area contributed by atoms with E-state index in [9.17, 15) is 4.79 Å². The third kappa shape index (κ3) is 5.29. The molecule has 0 aliphatic heterocycles. The number of aromatic nitrogens is 1. The Kier molecular flexibility index (Phi) is 6.87. The maximum Gasteiger partial charge on any atom is 0.339 e. The number of fused-ring (bicyclic) bond motifs is 2. The zero-order chi connectivity index (χ0) is 23.4. The summed E-state index contributed by atoms with van der Waals surface area (Å²) >= 11 is 0. The lowest BCUT2D eigenvalue weighted by atomic mass is 9.70. The smallest absolute Gasteiger partial charge is 0.339 e. The van der Waals surface area contributed by atoms with Crippen molar-refractivity contribution in [1.29, 1.82) is 0 Å². The van der Waals surface area contributed by atoms with Crippen molar-refractivity contribution in [2.45, 2.75) is 47.0 Å². The van der Waals surface area contributed by atoms with Crippen LogP contribution in [0.4, 0.5) is 0 Å². The normalized spacial score (nSPS) is 15.7. The van der Waals surface area contributed by atoms with E-state index in [1.54, 1.807) is 0 Å². The van der Waals surface area contributed by atoms with Crippen LogP contribution in [-0.2, 0) is 17.6 Å². The molecule has 5 nitrogen and oxygen atoms in total. The first-order chi connectivity index (χ1) is 15.9. The Balaban J connectivity index is 1.49. The molecule has 0 fully saturated rings. The number of carbonyl (C=O) groups is 1. The van der Waals surface area contributed by atoms with Crippen LogP contribution in [0.15, 0.2) is 48.5 Å². The summed E-state index contributed by atoms with van der Waals surface area (Å²) in [5, 5.41) is 0.864. The molecule has 1 heterocycles. The zero-order valence-corrected chi connectivity index (χ0v) is 20.0. The number of nitrogens with zero attached hydrogens (tertiary/aromatic N) is 1. The number of pyridine rings is 1. The van der Waals surface area contributed by atoms with Gasteiger partial charge < -0.3 is 14.2 Å². The van der Waals surface area contributed by atoms with Gasteiger partial charge in [-0.15, -0.1) is 0 Å². The minimum Gasteiger partial charge on any atom is -0.494 e. The van der Waals surface area contributed by atoms with Crippen molar-refractivity contribution in [2.75, 3.05) is 19.8 Å². The summed E-state index contributed by atoms with van der Waals surface area (Å²) in [6.07, 6.45) is 2.83. The summed E-state index contributed by atoms with van der Waals surface area (Å²) in [6.45, 7) is 9.86. The number of hydrogen-bond acceptors (Lipinski definition) is 5. The van der Waals surface area contributed by atoms with Crippen molar-refractivity contribution in [3.05, 3.63) is 65.4 Å². The molecule has 4 rings (SSSR count). The number of rotatable bonds is 7. The monoisotopic (exact) mass is 447 g/mol. The first-order valence-corrected chi connectivity index (χ1v) is 11.8. The van der Waals surface area contributed by atoms with Crippen LogP contribution in [0.5, 0.6) is 11.5 Å².